The van der Waals surface area contributed by atoms with Gasteiger partial charge in [-0.15, -0.1) is 0 Å². The third kappa shape index (κ3) is 6.35. The van der Waals surface area contributed by atoms with Crippen LogP contribution in [0.5, 0.6) is 0 Å². The van der Waals surface area contributed by atoms with E-state index in [1.54, 1.807) is 11.1 Å². The van der Waals surface area contributed by atoms with Crippen molar-refractivity contribution in [3.8, 4) is 66.8 Å². The minimum absolute atomic E-state index is 0.180. The maximum atomic E-state index is 2.56. The molecule has 1 spiro atoms. The lowest BCUT2D eigenvalue weighted by Crippen LogP contribution is -2.55. The molecule has 14 rings (SSSR count). The second-order valence-corrected chi connectivity index (χ2v) is 19.3. The zero-order valence-corrected chi connectivity index (χ0v) is 36.7. The molecule has 4 saturated carbocycles. The van der Waals surface area contributed by atoms with Gasteiger partial charge in [0.25, 0.3) is 0 Å². The molecule has 0 unspecified atom stereocenters. The molecule has 1 nitrogen and oxygen atoms in total. The summed E-state index contributed by atoms with van der Waals surface area (Å²) in [4.78, 5) is 2.40. The first-order chi connectivity index (χ1) is 32.2. The molecule has 4 fully saturated rings. The lowest BCUT2D eigenvalue weighted by Gasteiger charge is -2.61. The predicted octanol–water partition coefficient (Wildman–Crippen LogP) is 17.2. The molecule has 0 heterocycles. The fourth-order valence-corrected chi connectivity index (χ4v) is 13.3. The van der Waals surface area contributed by atoms with E-state index < -0.39 is 0 Å². The van der Waals surface area contributed by atoms with Crippen LogP contribution in [0.3, 0.4) is 0 Å². The summed E-state index contributed by atoms with van der Waals surface area (Å²) in [6.45, 7) is 0. The smallest absolute Gasteiger partial charge is 0.0467 e. The van der Waals surface area contributed by atoms with Crippen LogP contribution in [0.25, 0.3) is 66.8 Å². The van der Waals surface area contributed by atoms with E-state index in [0.29, 0.717) is 0 Å². The average Bonchev–Trinajstić information content (AvgIpc) is 3.66. The molecule has 5 aliphatic carbocycles. The van der Waals surface area contributed by atoms with Gasteiger partial charge in [-0.2, -0.15) is 0 Å². The summed E-state index contributed by atoms with van der Waals surface area (Å²) in [5.41, 5.74) is 22.0. The van der Waals surface area contributed by atoms with Crippen molar-refractivity contribution in [3.05, 3.63) is 236 Å². The molecule has 0 aromatic heterocycles. The van der Waals surface area contributed by atoms with Crippen LogP contribution in [0.4, 0.5) is 17.1 Å². The molecule has 9 aromatic carbocycles. The summed E-state index contributed by atoms with van der Waals surface area (Å²) in [5.74, 6) is 3.41. The number of benzene rings is 9. The average molecular weight is 834 g/mol. The Labute approximate surface area is 383 Å². The van der Waals surface area contributed by atoms with Gasteiger partial charge in [0.2, 0.25) is 0 Å². The molecule has 0 aliphatic heterocycles. The molecule has 1 heteroatoms. The zero-order chi connectivity index (χ0) is 42.9. The number of anilines is 3. The van der Waals surface area contributed by atoms with Crippen molar-refractivity contribution in [2.45, 2.75) is 37.5 Å². The summed E-state index contributed by atoms with van der Waals surface area (Å²) < 4.78 is 0. The summed E-state index contributed by atoms with van der Waals surface area (Å²) >= 11 is 0. The van der Waals surface area contributed by atoms with Crippen LogP contribution in [0.2, 0.25) is 0 Å². The minimum atomic E-state index is 0.180. The Bertz CT molecular complexity index is 3150. The van der Waals surface area contributed by atoms with Crippen molar-refractivity contribution >= 4 is 17.1 Å². The first-order valence-electron chi connectivity index (χ1n) is 23.8. The molecule has 0 N–H and O–H groups in total. The van der Waals surface area contributed by atoms with E-state index >= 15 is 0 Å². The van der Waals surface area contributed by atoms with Gasteiger partial charge in [-0.05, 0) is 176 Å². The Morgan fingerprint density at radius 2 is 0.677 bits per heavy atom. The molecule has 0 atom stereocenters. The van der Waals surface area contributed by atoms with Crippen LogP contribution in [0.15, 0.2) is 224 Å². The lowest BCUT2D eigenvalue weighted by molar-refractivity contribution is -0.0399. The lowest BCUT2D eigenvalue weighted by atomic mass is 9.43. The van der Waals surface area contributed by atoms with E-state index in [-0.39, 0.29) is 5.41 Å². The standard InChI is InChI=1S/C64H51N/c1-3-12-45(13-4-1)47-22-24-48(25-23-47)50-28-33-56(34-29-50)65(55-31-26-49(27-32-55)46-14-5-2-6-15-46)57-17-11-16-51(41-57)58-18-7-8-19-59(58)52-30-35-63-61(42-52)60-20-9-10-21-62(60)64(63)53-37-43-36-44(39-53)40-54(64)38-43/h1-35,41-44,53-54H,36-40H2. The van der Waals surface area contributed by atoms with Gasteiger partial charge in [0, 0.05) is 22.5 Å². The Balaban J connectivity index is 0.876. The monoisotopic (exact) mass is 833 g/mol. The molecular formula is C64H51N. The van der Waals surface area contributed by atoms with Gasteiger partial charge < -0.3 is 4.90 Å². The third-order valence-corrected chi connectivity index (χ3v) is 15.9. The number of hydrogen-bond donors (Lipinski definition) is 0. The number of fused-ring (bicyclic) bond motifs is 3. The molecule has 0 saturated heterocycles. The van der Waals surface area contributed by atoms with Crippen LogP contribution in [-0.4, -0.2) is 0 Å². The first-order valence-corrected chi connectivity index (χ1v) is 23.8. The molecule has 312 valence electrons. The Kier molecular flexibility index (Phi) is 9.12. The van der Waals surface area contributed by atoms with Gasteiger partial charge in [-0.25, -0.2) is 0 Å². The molecule has 0 amide bonds. The van der Waals surface area contributed by atoms with Gasteiger partial charge in [-0.3, -0.25) is 0 Å². The predicted molar refractivity (Wildman–Crippen MR) is 272 cm³/mol. The fourth-order valence-electron chi connectivity index (χ4n) is 13.3. The third-order valence-electron chi connectivity index (χ3n) is 15.9. The first kappa shape index (κ1) is 38.3. The Morgan fingerprint density at radius 1 is 0.277 bits per heavy atom. The van der Waals surface area contributed by atoms with Gasteiger partial charge in [0.15, 0.2) is 0 Å². The van der Waals surface area contributed by atoms with E-state index in [9.17, 15) is 0 Å². The highest BCUT2D eigenvalue weighted by molar-refractivity contribution is 5.91. The highest BCUT2D eigenvalue weighted by Gasteiger charge is 2.61. The van der Waals surface area contributed by atoms with Crippen molar-refractivity contribution in [1.29, 1.82) is 0 Å². The topological polar surface area (TPSA) is 3.24 Å². The SMILES string of the molecule is c1ccc(-c2ccc(-c3ccc(N(c4ccc(-c5ccccc5)cc4)c4cccc(-c5ccccc5-c5ccc6c(c5)-c5ccccc5C65C6CC7CC(C6)CC5C7)c4)cc3)cc2)cc1. The van der Waals surface area contributed by atoms with Crippen molar-refractivity contribution in [3.63, 3.8) is 0 Å². The molecule has 9 aromatic rings. The molecule has 5 aliphatic rings. The summed E-state index contributed by atoms with van der Waals surface area (Å²) in [6, 6.07) is 83.5. The normalized spacial score (nSPS) is 21.0. The van der Waals surface area contributed by atoms with E-state index in [0.717, 1.165) is 40.7 Å². The second kappa shape index (κ2) is 15.5. The maximum absolute atomic E-state index is 2.56. The van der Waals surface area contributed by atoms with Crippen LogP contribution in [0.1, 0.15) is 43.2 Å². The van der Waals surface area contributed by atoms with Gasteiger partial charge >= 0.3 is 0 Å². The summed E-state index contributed by atoms with van der Waals surface area (Å²) in [5, 5.41) is 0. The Morgan fingerprint density at radius 3 is 1.22 bits per heavy atom. The number of hydrogen-bond acceptors (Lipinski definition) is 1. The number of nitrogens with zero attached hydrogens (tertiary/aromatic N) is 1. The summed E-state index contributed by atoms with van der Waals surface area (Å²) in [7, 11) is 0. The van der Waals surface area contributed by atoms with E-state index in [2.05, 4.69) is 229 Å². The van der Waals surface area contributed by atoms with Crippen molar-refractivity contribution in [1.82, 2.24) is 0 Å². The van der Waals surface area contributed by atoms with Crippen molar-refractivity contribution < 1.29 is 0 Å². The summed E-state index contributed by atoms with van der Waals surface area (Å²) in [6.07, 6.45) is 7.10. The van der Waals surface area contributed by atoms with Crippen LogP contribution in [0, 0.1) is 23.7 Å². The van der Waals surface area contributed by atoms with E-state index in [4.69, 9.17) is 0 Å². The van der Waals surface area contributed by atoms with Gasteiger partial charge in [-0.1, -0.05) is 182 Å². The second-order valence-electron chi connectivity index (χ2n) is 19.3. The largest absolute Gasteiger partial charge is 0.310 e. The molecule has 0 radical (unpaired) electrons. The fraction of sp³-hybridized carbons (Fsp3) is 0.156. The van der Waals surface area contributed by atoms with Gasteiger partial charge in [0.1, 0.15) is 0 Å². The highest BCUT2D eigenvalue weighted by atomic mass is 15.1. The van der Waals surface area contributed by atoms with Crippen LogP contribution >= 0.6 is 0 Å². The molecular weight excluding hydrogens is 783 g/mol. The highest BCUT2D eigenvalue weighted by Crippen LogP contribution is 2.69. The molecule has 65 heavy (non-hydrogen) atoms. The van der Waals surface area contributed by atoms with E-state index in [1.807, 2.05) is 0 Å². The molecule has 4 bridgehead atoms. The maximum Gasteiger partial charge on any atom is 0.0467 e. The van der Waals surface area contributed by atoms with Crippen molar-refractivity contribution in [2.75, 3.05) is 4.90 Å². The Hall–Kier alpha value is -7.22. The van der Waals surface area contributed by atoms with E-state index in [1.165, 1.54) is 98.9 Å². The van der Waals surface area contributed by atoms with Crippen LogP contribution in [-0.2, 0) is 5.41 Å². The quantitative estimate of drug-likeness (QED) is 0.147. The van der Waals surface area contributed by atoms with Crippen molar-refractivity contribution in [2.24, 2.45) is 23.7 Å². The van der Waals surface area contributed by atoms with Gasteiger partial charge in [0.05, 0.1) is 0 Å². The minimum Gasteiger partial charge on any atom is -0.310 e. The zero-order valence-electron chi connectivity index (χ0n) is 36.7. The van der Waals surface area contributed by atoms with Crippen LogP contribution < -0.4 is 4.90 Å². The number of rotatable bonds is 8.